The molecule has 1 saturated heterocycles. The third-order valence-electron chi connectivity index (χ3n) is 6.83. The third kappa shape index (κ3) is 6.43. The van der Waals surface area contributed by atoms with E-state index < -0.39 is 6.10 Å². The van der Waals surface area contributed by atoms with Gasteiger partial charge in [-0.05, 0) is 85.7 Å². The first kappa shape index (κ1) is 25.3. The second-order valence-electron chi connectivity index (χ2n) is 8.97. The lowest BCUT2D eigenvalue weighted by Gasteiger charge is -2.38. The van der Waals surface area contributed by atoms with E-state index in [0.717, 1.165) is 65.5 Å². The maximum absolute atomic E-state index is 11.0. The number of nitrogens with zero attached hydrogens (tertiary/aromatic N) is 2. The summed E-state index contributed by atoms with van der Waals surface area (Å²) in [6.45, 7) is 3.12. The van der Waals surface area contributed by atoms with Crippen LogP contribution in [0, 0.1) is 11.8 Å². The number of piperidine rings is 1. The molecule has 3 atom stereocenters. The van der Waals surface area contributed by atoms with Crippen molar-refractivity contribution >= 4 is 34.3 Å². The smallest absolute Gasteiger partial charge is 0.119 e. The molecule has 0 radical (unpaired) electrons. The summed E-state index contributed by atoms with van der Waals surface area (Å²) in [5.74, 6) is 2.42. The molecule has 182 valence electrons. The van der Waals surface area contributed by atoms with Gasteiger partial charge in [-0.1, -0.05) is 17.7 Å². The quantitative estimate of drug-likeness (QED) is 0.362. The Morgan fingerprint density at radius 2 is 2.09 bits per heavy atom. The van der Waals surface area contributed by atoms with Gasteiger partial charge in [-0.15, -0.1) is 11.8 Å². The minimum atomic E-state index is -0.566. The molecular formula is C27H33ClN2O3S. The minimum absolute atomic E-state index is 0.189. The molecule has 7 heteroatoms. The van der Waals surface area contributed by atoms with Crippen LogP contribution in [0.1, 0.15) is 30.9 Å². The van der Waals surface area contributed by atoms with Crippen molar-refractivity contribution in [2.24, 2.45) is 11.8 Å². The van der Waals surface area contributed by atoms with Gasteiger partial charge in [-0.3, -0.25) is 4.98 Å². The Morgan fingerprint density at radius 1 is 1.21 bits per heavy atom. The standard InChI is InChI=1S/C27H33ClN2O3S/c1-33-22-6-7-26-25(16-22)24(9-11-29-26)27(32)8-5-19-10-12-30(17-20(19)18-31)13-14-34-23-4-2-3-21(28)15-23/h2-4,6-7,9,11,15-16,19-20,27,31-32H,5,8,10,12-14,17-18H2,1H3/t19-,20-,27+/m1/s1. The lowest BCUT2D eigenvalue weighted by molar-refractivity contribution is 0.0608. The molecule has 2 aromatic carbocycles. The van der Waals surface area contributed by atoms with Crippen LogP contribution in [0.5, 0.6) is 5.75 Å². The van der Waals surface area contributed by atoms with Gasteiger partial charge in [0.2, 0.25) is 0 Å². The number of benzene rings is 2. The van der Waals surface area contributed by atoms with E-state index in [1.807, 2.05) is 54.2 Å². The van der Waals surface area contributed by atoms with E-state index in [2.05, 4.69) is 16.0 Å². The van der Waals surface area contributed by atoms with Crippen molar-refractivity contribution in [1.29, 1.82) is 0 Å². The highest BCUT2D eigenvalue weighted by Crippen LogP contribution is 2.33. The fourth-order valence-electron chi connectivity index (χ4n) is 4.89. The molecule has 0 amide bonds. The summed E-state index contributed by atoms with van der Waals surface area (Å²) in [7, 11) is 1.64. The van der Waals surface area contributed by atoms with Gasteiger partial charge < -0.3 is 19.8 Å². The zero-order valence-electron chi connectivity index (χ0n) is 19.6. The second-order valence-corrected chi connectivity index (χ2v) is 10.6. The first-order chi connectivity index (χ1) is 16.6. The number of ether oxygens (including phenoxy) is 1. The Hall–Kier alpha value is -1.83. The highest BCUT2D eigenvalue weighted by atomic mass is 35.5. The minimum Gasteiger partial charge on any atom is -0.497 e. The van der Waals surface area contributed by atoms with Crippen molar-refractivity contribution in [1.82, 2.24) is 9.88 Å². The molecule has 1 aliphatic rings. The number of rotatable bonds is 10. The Bertz CT molecular complexity index is 1080. The summed E-state index contributed by atoms with van der Waals surface area (Å²) >= 11 is 7.90. The fraction of sp³-hybridized carbons (Fsp3) is 0.444. The molecule has 34 heavy (non-hydrogen) atoms. The maximum atomic E-state index is 11.0. The molecule has 2 N–H and O–H groups in total. The van der Waals surface area contributed by atoms with Crippen LogP contribution in [0.2, 0.25) is 5.02 Å². The fourth-order valence-corrected chi connectivity index (χ4v) is 6.11. The molecule has 2 heterocycles. The number of methoxy groups -OCH3 is 1. The predicted molar refractivity (Wildman–Crippen MR) is 140 cm³/mol. The molecule has 1 aliphatic heterocycles. The largest absolute Gasteiger partial charge is 0.497 e. The van der Waals surface area contributed by atoms with Crippen molar-refractivity contribution in [2.45, 2.75) is 30.3 Å². The highest BCUT2D eigenvalue weighted by molar-refractivity contribution is 7.99. The van der Waals surface area contributed by atoms with Crippen molar-refractivity contribution in [3.63, 3.8) is 0 Å². The van der Waals surface area contributed by atoms with Crippen LogP contribution < -0.4 is 4.74 Å². The number of hydrogen-bond donors (Lipinski definition) is 2. The Labute approximate surface area is 211 Å². The predicted octanol–water partition coefficient (Wildman–Crippen LogP) is 5.43. The van der Waals surface area contributed by atoms with Crippen LogP contribution in [-0.4, -0.2) is 59.2 Å². The monoisotopic (exact) mass is 500 g/mol. The molecular weight excluding hydrogens is 468 g/mol. The molecule has 0 bridgehead atoms. The van der Waals surface area contributed by atoms with Crippen molar-refractivity contribution in [2.75, 3.05) is 39.1 Å². The number of aliphatic hydroxyl groups excluding tert-OH is 2. The summed E-state index contributed by atoms with van der Waals surface area (Å²) in [6.07, 6.45) is 3.80. The summed E-state index contributed by atoms with van der Waals surface area (Å²) in [5.41, 5.74) is 1.74. The van der Waals surface area contributed by atoms with E-state index in [9.17, 15) is 10.2 Å². The summed E-state index contributed by atoms with van der Waals surface area (Å²) in [5, 5.41) is 22.8. The van der Waals surface area contributed by atoms with Gasteiger partial charge in [-0.25, -0.2) is 0 Å². The van der Waals surface area contributed by atoms with Gasteiger partial charge in [0.05, 0.1) is 18.7 Å². The number of aromatic nitrogens is 1. The van der Waals surface area contributed by atoms with E-state index in [-0.39, 0.29) is 12.5 Å². The van der Waals surface area contributed by atoms with E-state index in [1.54, 1.807) is 13.3 Å². The summed E-state index contributed by atoms with van der Waals surface area (Å²) in [4.78, 5) is 8.06. The van der Waals surface area contributed by atoms with Crippen LogP contribution in [-0.2, 0) is 0 Å². The molecule has 0 aliphatic carbocycles. The van der Waals surface area contributed by atoms with Gasteiger partial charge >= 0.3 is 0 Å². The number of likely N-dealkylation sites (tertiary alicyclic amines) is 1. The van der Waals surface area contributed by atoms with E-state index >= 15 is 0 Å². The van der Waals surface area contributed by atoms with Crippen LogP contribution in [0.15, 0.2) is 59.6 Å². The first-order valence-corrected chi connectivity index (χ1v) is 13.3. The van der Waals surface area contributed by atoms with Gasteiger partial charge in [0.25, 0.3) is 0 Å². The molecule has 3 aromatic rings. The van der Waals surface area contributed by atoms with Crippen LogP contribution in [0.4, 0.5) is 0 Å². The highest BCUT2D eigenvalue weighted by Gasteiger charge is 2.29. The zero-order chi connectivity index (χ0) is 23.9. The summed E-state index contributed by atoms with van der Waals surface area (Å²) in [6, 6.07) is 15.6. The molecule has 0 unspecified atom stereocenters. The number of pyridine rings is 1. The van der Waals surface area contributed by atoms with Gasteiger partial charge in [0.15, 0.2) is 0 Å². The molecule has 5 nitrogen and oxygen atoms in total. The Kier molecular flexibility index (Phi) is 9.09. The van der Waals surface area contributed by atoms with E-state index in [1.165, 1.54) is 4.90 Å². The lowest BCUT2D eigenvalue weighted by Crippen LogP contribution is -2.43. The van der Waals surface area contributed by atoms with Crippen LogP contribution in [0.3, 0.4) is 0 Å². The van der Waals surface area contributed by atoms with Crippen molar-refractivity contribution < 1.29 is 14.9 Å². The number of hydrogen-bond acceptors (Lipinski definition) is 6. The molecule has 4 rings (SSSR count). The normalized spacial score (nSPS) is 19.9. The number of thioether (sulfide) groups is 1. The van der Waals surface area contributed by atoms with Crippen LogP contribution in [0.25, 0.3) is 10.9 Å². The molecule has 1 aromatic heterocycles. The van der Waals surface area contributed by atoms with E-state index in [4.69, 9.17) is 16.3 Å². The van der Waals surface area contributed by atoms with Gasteiger partial charge in [-0.2, -0.15) is 0 Å². The summed E-state index contributed by atoms with van der Waals surface area (Å²) < 4.78 is 5.36. The van der Waals surface area contributed by atoms with Crippen molar-refractivity contribution in [3.8, 4) is 5.75 Å². The lowest BCUT2D eigenvalue weighted by atomic mass is 9.81. The van der Waals surface area contributed by atoms with Crippen LogP contribution >= 0.6 is 23.4 Å². The van der Waals surface area contributed by atoms with Crippen molar-refractivity contribution in [3.05, 3.63) is 65.3 Å². The van der Waals surface area contributed by atoms with Gasteiger partial charge in [0, 0.05) is 47.0 Å². The SMILES string of the molecule is COc1ccc2nccc([C@@H](O)CC[C@@H]3CCN(CCSc4cccc(Cl)c4)C[C@@H]3CO)c2c1. The number of aliphatic hydroxyl groups is 2. The Balaban J connectivity index is 1.29. The zero-order valence-corrected chi connectivity index (χ0v) is 21.1. The first-order valence-electron chi connectivity index (χ1n) is 11.9. The van der Waals surface area contributed by atoms with E-state index in [0.29, 0.717) is 12.3 Å². The molecule has 1 fully saturated rings. The number of halogens is 1. The maximum Gasteiger partial charge on any atom is 0.119 e. The third-order valence-corrected chi connectivity index (χ3v) is 8.04. The average molecular weight is 501 g/mol. The molecule has 0 saturated carbocycles. The van der Waals surface area contributed by atoms with Gasteiger partial charge in [0.1, 0.15) is 5.75 Å². The topological polar surface area (TPSA) is 65.8 Å². The Morgan fingerprint density at radius 3 is 2.88 bits per heavy atom. The second kappa shape index (κ2) is 12.2. The number of fused-ring (bicyclic) bond motifs is 1. The average Bonchev–Trinajstić information content (AvgIpc) is 2.87. The molecule has 0 spiro atoms.